The maximum Gasteiger partial charge on any atom is 0.335 e. The van der Waals surface area contributed by atoms with Crippen molar-refractivity contribution in [2.24, 2.45) is 0 Å². The molecule has 0 saturated carbocycles. The molecular formula is C18H20N2O5. The van der Waals surface area contributed by atoms with Crippen molar-refractivity contribution in [3.63, 3.8) is 0 Å². The SMILES string of the molecule is C=CC(Cn1cc(OC(=O)CC)c2ccccc21)(NC(C)=O)C(=O)O. The Morgan fingerprint density at radius 2 is 2.04 bits per heavy atom. The molecule has 1 aromatic carbocycles. The summed E-state index contributed by atoms with van der Waals surface area (Å²) in [6.07, 6.45) is 2.96. The first kappa shape index (κ1) is 18.3. The van der Waals surface area contributed by atoms with E-state index in [1.807, 2.05) is 0 Å². The second-order valence-electron chi connectivity index (χ2n) is 5.63. The molecule has 0 bridgehead atoms. The molecule has 1 unspecified atom stereocenters. The van der Waals surface area contributed by atoms with Crippen molar-refractivity contribution in [3.8, 4) is 5.75 Å². The van der Waals surface area contributed by atoms with Crippen LogP contribution in [0.5, 0.6) is 5.75 Å². The lowest BCUT2D eigenvalue weighted by molar-refractivity contribution is -0.145. The highest BCUT2D eigenvalue weighted by Crippen LogP contribution is 2.30. The summed E-state index contributed by atoms with van der Waals surface area (Å²) < 4.78 is 6.95. The van der Waals surface area contributed by atoms with Crippen LogP contribution in [0.2, 0.25) is 0 Å². The Labute approximate surface area is 144 Å². The maximum atomic E-state index is 11.8. The number of carboxylic acid groups (broad SMARTS) is 1. The van der Waals surface area contributed by atoms with E-state index in [-0.39, 0.29) is 13.0 Å². The third-order valence-electron chi connectivity index (χ3n) is 3.81. The van der Waals surface area contributed by atoms with Gasteiger partial charge in [0.2, 0.25) is 5.91 Å². The largest absolute Gasteiger partial charge is 0.479 e. The van der Waals surface area contributed by atoms with Crippen molar-refractivity contribution < 1.29 is 24.2 Å². The zero-order valence-corrected chi connectivity index (χ0v) is 14.1. The summed E-state index contributed by atoms with van der Waals surface area (Å²) in [6.45, 7) is 6.38. The lowest BCUT2D eigenvalue weighted by Crippen LogP contribution is -2.55. The third kappa shape index (κ3) is 3.71. The molecule has 1 aromatic heterocycles. The standard InChI is InChI=1S/C18H20N2O5/c1-4-16(22)25-15-10-20(14-9-7-6-8-13(14)15)11-18(5-2,17(23)24)19-12(3)21/h5-10H,2,4,11H2,1,3H3,(H,19,21)(H,23,24). The number of carbonyl (C=O) groups is 3. The average molecular weight is 344 g/mol. The normalized spacial score (nSPS) is 13.0. The van der Waals surface area contributed by atoms with Crippen LogP contribution in [-0.4, -0.2) is 33.1 Å². The highest BCUT2D eigenvalue weighted by Gasteiger charge is 2.37. The Hall–Kier alpha value is -3.09. The number of fused-ring (bicyclic) bond motifs is 1. The lowest BCUT2D eigenvalue weighted by atomic mass is 9.99. The fourth-order valence-electron chi connectivity index (χ4n) is 2.57. The van der Waals surface area contributed by atoms with Crippen molar-refractivity contribution in [1.82, 2.24) is 9.88 Å². The van der Waals surface area contributed by atoms with Gasteiger partial charge < -0.3 is 19.7 Å². The number of nitrogens with zero attached hydrogens (tertiary/aromatic N) is 1. The number of nitrogens with one attached hydrogen (secondary N) is 1. The molecular weight excluding hydrogens is 324 g/mol. The fraction of sp³-hybridized carbons (Fsp3) is 0.278. The number of hydrogen-bond acceptors (Lipinski definition) is 4. The zero-order valence-electron chi connectivity index (χ0n) is 14.1. The minimum absolute atomic E-state index is 0.102. The molecule has 0 saturated heterocycles. The summed E-state index contributed by atoms with van der Waals surface area (Å²) in [5.41, 5.74) is -1.00. The van der Waals surface area contributed by atoms with Crippen molar-refractivity contribution >= 4 is 28.7 Å². The van der Waals surface area contributed by atoms with Crippen LogP contribution in [0.25, 0.3) is 10.9 Å². The monoisotopic (exact) mass is 344 g/mol. The van der Waals surface area contributed by atoms with Crippen LogP contribution in [-0.2, 0) is 20.9 Å². The summed E-state index contributed by atoms with van der Waals surface area (Å²) in [6, 6.07) is 7.14. The molecule has 1 atom stereocenters. The van der Waals surface area contributed by atoms with Gasteiger partial charge in [-0.05, 0) is 12.1 Å². The van der Waals surface area contributed by atoms with Crippen molar-refractivity contribution in [2.45, 2.75) is 32.4 Å². The third-order valence-corrected chi connectivity index (χ3v) is 3.81. The Morgan fingerprint density at radius 1 is 1.36 bits per heavy atom. The number of carbonyl (C=O) groups excluding carboxylic acids is 2. The summed E-state index contributed by atoms with van der Waals surface area (Å²) in [7, 11) is 0. The van der Waals surface area contributed by atoms with E-state index in [0.29, 0.717) is 16.7 Å². The van der Waals surface area contributed by atoms with Crippen LogP contribution >= 0.6 is 0 Å². The van der Waals surface area contributed by atoms with Crippen LogP contribution < -0.4 is 10.1 Å². The van der Waals surface area contributed by atoms with E-state index < -0.39 is 23.4 Å². The number of amides is 1. The summed E-state index contributed by atoms with van der Waals surface area (Å²) in [5.74, 6) is -1.77. The van der Waals surface area contributed by atoms with Gasteiger partial charge in [-0.2, -0.15) is 0 Å². The molecule has 0 aliphatic carbocycles. The van der Waals surface area contributed by atoms with E-state index in [1.165, 1.54) is 13.0 Å². The summed E-state index contributed by atoms with van der Waals surface area (Å²) in [4.78, 5) is 34.9. The number of aromatic nitrogens is 1. The Bertz CT molecular complexity index is 839. The van der Waals surface area contributed by atoms with Crippen molar-refractivity contribution in [2.75, 3.05) is 0 Å². The van der Waals surface area contributed by atoms with E-state index in [2.05, 4.69) is 11.9 Å². The first-order valence-corrected chi connectivity index (χ1v) is 7.77. The molecule has 132 valence electrons. The molecule has 7 nitrogen and oxygen atoms in total. The molecule has 0 aliphatic heterocycles. The Morgan fingerprint density at radius 3 is 2.60 bits per heavy atom. The van der Waals surface area contributed by atoms with Crippen LogP contribution in [0.15, 0.2) is 43.1 Å². The Kier molecular flexibility index (Phi) is 5.26. The average Bonchev–Trinajstić information content (AvgIpc) is 2.91. The molecule has 2 N–H and O–H groups in total. The van der Waals surface area contributed by atoms with Gasteiger partial charge in [0.1, 0.15) is 0 Å². The number of benzene rings is 1. The van der Waals surface area contributed by atoms with Crippen molar-refractivity contribution in [3.05, 3.63) is 43.1 Å². The first-order valence-electron chi connectivity index (χ1n) is 7.77. The van der Waals surface area contributed by atoms with Crippen LogP contribution in [0.1, 0.15) is 20.3 Å². The van der Waals surface area contributed by atoms with Crippen LogP contribution in [0.3, 0.4) is 0 Å². The number of rotatable bonds is 7. The zero-order chi connectivity index (χ0) is 18.6. The van der Waals surface area contributed by atoms with Gasteiger partial charge in [0, 0.05) is 24.9 Å². The maximum absolute atomic E-state index is 11.8. The number of para-hydroxylation sites is 1. The smallest absolute Gasteiger partial charge is 0.335 e. The molecule has 1 amide bonds. The summed E-state index contributed by atoms with van der Waals surface area (Å²) in [5, 5.41) is 12.7. The van der Waals surface area contributed by atoms with Gasteiger partial charge in [-0.1, -0.05) is 25.1 Å². The van der Waals surface area contributed by atoms with E-state index in [1.54, 1.807) is 42.0 Å². The predicted octanol–water partition coefficient (Wildman–Crippen LogP) is 2.10. The van der Waals surface area contributed by atoms with Gasteiger partial charge in [-0.25, -0.2) is 4.79 Å². The quantitative estimate of drug-likeness (QED) is 0.592. The van der Waals surface area contributed by atoms with Gasteiger partial charge >= 0.3 is 11.9 Å². The van der Waals surface area contributed by atoms with Gasteiger partial charge in [-0.3, -0.25) is 9.59 Å². The number of ether oxygens (including phenoxy) is 1. The van der Waals surface area contributed by atoms with Crippen LogP contribution in [0, 0.1) is 0 Å². The molecule has 2 aromatic rings. The fourth-order valence-corrected chi connectivity index (χ4v) is 2.57. The van der Waals surface area contributed by atoms with E-state index in [0.717, 1.165) is 0 Å². The van der Waals surface area contributed by atoms with Gasteiger partial charge in [0.15, 0.2) is 11.3 Å². The molecule has 7 heteroatoms. The van der Waals surface area contributed by atoms with E-state index in [9.17, 15) is 19.5 Å². The number of esters is 1. The highest BCUT2D eigenvalue weighted by molar-refractivity contribution is 5.91. The second-order valence-corrected chi connectivity index (χ2v) is 5.63. The van der Waals surface area contributed by atoms with Crippen molar-refractivity contribution in [1.29, 1.82) is 0 Å². The van der Waals surface area contributed by atoms with Gasteiger partial charge in [0.25, 0.3) is 0 Å². The molecule has 0 spiro atoms. The first-order chi connectivity index (χ1) is 11.8. The Balaban J connectivity index is 2.52. The highest BCUT2D eigenvalue weighted by atomic mass is 16.5. The molecule has 1 heterocycles. The van der Waals surface area contributed by atoms with E-state index in [4.69, 9.17) is 4.74 Å². The second kappa shape index (κ2) is 7.21. The topological polar surface area (TPSA) is 97.6 Å². The number of aliphatic carboxylic acids is 1. The molecule has 2 rings (SSSR count). The van der Waals surface area contributed by atoms with Gasteiger partial charge in [0.05, 0.1) is 12.1 Å². The molecule has 0 radical (unpaired) electrons. The predicted molar refractivity (Wildman–Crippen MR) is 92.2 cm³/mol. The molecule has 0 aliphatic rings. The number of hydrogen-bond donors (Lipinski definition) is 2. The molecule has 0 fully saturated rings. The van der Waals surface area contributed by atoms with Gasteiger partial charge in [-0.15, -0.1) is 6.58 Å². The van der Waals surface area contributed by atoms with Crippen LogP contribution in [0.4, 0.5) is 0 Å². The summed E-state index contributed by atoms with van der Waals surface area (Å²) >= 11 is 0. The molecule has 25 heavy (non-hydrogen) atoms. The minimum atomic E-state index is -1.68. The lowest BCUT2D eigenvalue weighted by Gasteiger charge is -2.27. The minimum Gasteiger partial charge on any atom is -0.479 e. The van der Waals surface area contributed by atoms with E-state index >= 15 is 0 Å². The number of carboxylic acids is 1.